The van der Waals surface area contributed by atoms with E-state index in [2.05, 4.69) is 0 Å². The van der Waals surface area contributed by atoms with Crippen molar-refractivity contribution in [2.45, 2.75) is 20.0 Å². The molecule has 0 radical (unpaired) electrons. The summed E-state index contributed by atoms with van der Waals surface area (Å²) in [4.78, 5) is 11.6. The number of aryl methyl sites for hydroxylation is 1. The average Bonchev–Trinajstić information content (AvgIpc) is 2.24. The first-order chi connectivity index (χ1) is 7.86. The number of carbonyl (C=O) groups is 1. The first-order valence-corrected chi connectivity index (χ1v) is 5.15. The van der Waals surface area contributed by atoms with Crippen molar-refractivity contribution in [3.8, 4) is 0 Å². The third-order valence-electron chi connectivity index (χ3n) is 2.29. The maximum absolute atomic E-state index is 12.4. The molecule has 1 aromatic carbocycles. The molecular weight excluding hydrogens is 233 g/mol. The van der Waals surface area contributed by atoms with Crippen LogP contribution in [0.4, 0.5) is 13.2 Å². The summed E-state index contributed by atoms with van der Waals surface area (Å²) in [6, 6.07) is 3.07. The minimum absolute atomic E-state index is 0.108. The van der Waals surface area contributed by atoms with Crippen molar-refractivity contribution in [3.05, 3.63) is 34.9 Å². The molecule has 0 N–H and O–H groups in total. The van der Waals surface area contributed by atoms with Gasteiger partial charge in [0.05, 0.1) is 5.56 Å². The van der Waals surface area contributed by atoms with Gasteiger partial charge in [-0.3, -0.25) is 4.79 Å². The lowest BCUT2D eigenvalue weighted by atomic mass is 10.0. The highest BCUT2D eigenvalue weighted by Gasteiger charge is 2.30. The summed E-state index contributed by atoms with van der Waals surface area (Å²) < 4.78 is 42.1. The lowest BCUT2D eigenvalue weighted by molar-refractivity contribution is -0.137. The van der Waals surface area contributed by atoms with Crippen LogP contribution in [-0.2, 0) is 10.9 Å². The van der Waals surface area contributed by atoms with Crippen LogP contribution in [0.15, 0.2) is 18.2 Å². The van der Waals surface area contributed by atoms with Crippen LogP contribution in [-0.4, -0.2) is 19.0 Å². The van der Waals surface area contributed by atoms with Gasteiger partial charge in [0.1, 0.15) is 6.61 Å². The fourth-order valence-electron chi connectivity index (χ4n) is 1.43. The second-order valence-corrected chi connectivity index (χ2v) is 3.59. The van der Waals surface area contributed by atoms with Crippen LogP contribution < -0.4 is 0 Å². The highest BCUT2D eigenvalue weighted by Crippen LogP contribution is 2.30. The molecule has 1 aromatic rings. The zero-order valence-electron chi connectivity index (χ0n) is 9.60. The van der Waals surface area contributed by atoms with Crippen molar-refractivity contribution in [2.75, 3.05) is 13.2 Å². The number of rotatable bonds is 4. The minimum atomic E-state index is -4.38. The Morgan fingerprint density at radius 3 is 2.47 bits per heavy atom. The van der Waals surface area contributed by atoms with E-state index in [1.807, 2.05) is 0 Å². The number of halogens is 3. The van der Waals surface area contributed by atoms with Crippen molar-refractivity contribution in [1.29, 1.82) is 0 Å². The molecule has 0 aromatic heterocycles. The Hall–Kier alpha value is -1.36. The lowest BCUT2D eigenvalue weighted by Crippen LogP contribution is -2.12. The Balaban J connectivity index is 2.94. The number of alkyl halides is 3. The van der Waals surface area contributed by atoms with E-state index in [1.165, 1.54) is 13.0 Å². The Bertz CT molecular complexity index is 411. The molecule has 0 bridgehead atoms. The van der Waals surface area contributed by atoms with Crippen molar-refractivity contribution in [1.82, 2.24) is 0 Å². The van der Waals surface area contributed by atoms with Crippen LogP contribution >= 0.6 is 0 Å². The predicted octanol–water partition coefficient (Wildman–Crippen LogP) is 3.23. The van der Waals surface area contributed by atoms with Crippen LogP contribution in [0.3, 0.4) is 0 Å². The Kier molecular flexibility index (Phi) is 4.28. The number of Topliss-reactive ketones (excluding diaryl/α,β-unsaturated/α-hetero) is 1. The molecule has 0 saturated heterocycles. The second kappa shape index (κ2) is 5.31. The number of hydrogen-bond acceptors (Lipinski definition) is 2. The lowest BCUT2D eigenvalue weighted by Gasteiger charge is -2.10. The molecule has 0 spiro atoms. The summed E-state index contributed by atoms with van der Waals surface area (Å²) in [5.41, 5.74) is -0.168. The van der Waals surface area contributed by atoms with Gasteiger partial charge in [-0.2, -0.15) is 13.2 Å². The largest absolute Gasteiger partial charge is 0.416 e. The molecule has 2 nitrogen and oxygen atoms in total. The van der Waals surface area contributed by atoms with Gasteiger partial charge in [-0.05, 0) is 31.5 Å². The molecule has 0 aliphatic carbocycles. The molecular formula is C12H13F3O2. The van der Waals surface area contributed by atoms with Gasteiger partial charge in [0.15, 0.2) is 5.78 Å². The molecule has 17 heavy (non-hydrogen) atoms. The zero-order valence-corrected chi connectivity index (χ0v) is 9.60. The fraction of sp³-hybridized carbons (Fsp3) is 0.417. The molecule has 1 rings (SSSR count). The topological polar surface area (TPSA) is 26.3 Å². The van der Waals surface area contributed by atoms with Gasteiger partial charge in [-0.15, -0.1) is 0 Å². The first-order valence-electron chi connectivity index (χ1n) is 5.15. The summed E-state index contributed by atoms with van der Waals surface area (Å²) in [6.07, 6.45) is -4.38. The predicted molar refractivity (Wildman–Crippen MR) is 57.0 cm³/mol. The SMILES string of the molecule is CCOCC(=O)c1ccc(C(F)(F)F)cc1C. The van der Waals surface area contributed by atoms with E-state index in [0.717, 1.165) is 12.1 Å². The monoisotopic (exact) mass is 246 g/mol. The molecule has 0 fully saturated rings. The van der Waals surface area contributed by atoms with Crippen LogP contribution in [0.1, 0.15) is 28.4 Å². The van der Waals surface area contributed by atoms with E-state index >= 15 is 0 Å². The highest BCUT2D eigenvalue weighted by molar-refractivity contribution is 5.98. The fourth-order valence-corrected chi connectivity index (χ4v) is 1.43. The van der Waals surface area contributed by atoms with E-state index < -0.39 is 11.7 Å². The maximum Gasteiger partial charge on any atom is 0.416 e. The van der Waals surface area contributed by atoms with Crippen molar-refractivity contribution in [3.63, 3.8) is 0 Å². The number of ketones is 1. The number of carbonyl (C=O) groups excluding carboxylic acids is 1. The number of hydrogen-bond donors (Lipinski definition) is 0. The molecule has 0 amide bonds. The Morgan fingerprint density at radius 1 is 1.35 bits per heavy atom. The molecule has 0 atom stereocenters. The summed E-state index contributed by atoms with van der Waals surface area (Å²) in [5, 5.41) is 0. The normalized spacial score (nSPS) is 11.6. The summed E-state index contributed by atoms with van der Waals surface area (Å²) in [5.74, 6) is -0.307. The molecule has 94 valence electrons. The van der Waals surface area contributed by atoms with Crippen LogP contribution in [0.5, 0.6) is 0 Å². The van der Waals surface area contributed by atoms with Gasteiger partial charge in [0.2, 0.25) is 0 Å². The smallest absolute Gasteiger partial charge is 0.374 e. The van der Waals surface area contributed by atoms with Gasteiger partial charge >= 0.3 is 6.18 Å². The van der Waals surface area contributed by atoms with Crippen LogP contribution in [0.25, 0.3) is 0 Å². The van der Waals surface area contributed by atoms with Crippen LogP contribution in [0, 0.1) is 6.92 Å². The molecule has 5 heteroatoms. The Labute approximate surface area is 97.4 Å². The van der Waals surface area contributed by atoms with Crippen molar-refractivity contribution in [2.24, 2.45) is 0 Å². The van der Waals surface area contributed by atoms with Crippen molar-refractivity contribution < 1.29 is 22.7 Å². The van der Waals surface area contributed by atoms with Gasteiger partial charge in [0.25, 0.3) is 0 Å². The number of ether oxygens (including phenoxy) is 1. The van der Waals surface area contributed by atoms with Gasteiger partial charge in [0, 0.05) is 12.2 Å². The standard InChI is InChI=1S/C12H13F3O2/c1-3-17-7-11(16)10-5-4-9(6-8(10)2)12(13,14)15/h4-6H,3,7H2,1-2H3. The summed E-state index contributed by atoms with van der Waals surface area (Å²) in [7, 11) is 0. The van der Waals surface area contributed by atoms with E-state index in [9.17, 15) is 18.0 Å². The van der Waals surface area contributed by atoms with Gasteiger partial charge in [-0.25, -0.2) is 0 Å². The number of benzene rings is 1. The van der Waals surface area contributed by atoms with E-state index in [-0.39, 0.29) is 18.0 Å². The third kappa shape index (κ3) is 3.56. The summed E-state index contributed by atoms with van der Waals surface area (Å²) >= 11 is 0. The van der Waals surface area contributed by atoms with Gasteiger partial charge < -0.3 is 4.74 Å². The quantitative estimate of drug-likeness (QED) is 0.762. The van der Waals surface area contributed by atoms with E-state index in [4.69, 9.17) is 4.74 Å². The Morgan fingerprint density at radius 2 is 2.00 bits per heavy atom. The maximum atomic E-state index is 12.4. The highest BCUT2D eigenvalue weighted by atomic mass is 19.4. The molecule has 0 saturated carbocycles. The molecule has 0 aliphatic heterocycles. The second-order valence-electron chi connectivity index (χ2n) is 3.59. The average molecular weight is 246 g/mol. The first kappa shape index (κ1) is 13.7. The zero-order chi connectivity index (χ0) is 13.1. The molecule has 0 heterocycles. The molecule has 0 aliphatic rings. The van der Waals surface area contributed by atoms with Gasteiger partial charge in [-0.1, -0.05) is 6.07 Å². The van der Waals surface area contributed by atoms with Crippen LogP contribution in [0.2, 0.25) is 0 Å². The molecule has 0 unspecified atom stereocenters. The van der Waals surface area contributed by atoms with Crippen molar-refractivity contribution >= 4 is 5.78 Å². The van der Waals surface area contributed by atoms with E-state index in [1.54, 1.807) is 6.92 Å². The third-order valence-corrected chi connectivity index (χ3v) is 2.29. The minimum Gasteiger partial charge on any atom is -0.374 e. The van der Waals surface area contributed by atoms with E-state index in [0.29, 0.717) is 12.2 Å². The summed E-state index contributed by atoms with van der Waals surface area (Å²) in [6.45, 7) is 3.51.